The van der Waals surface area contributed by atoms with Gasteiger partial charge in [-0.15, -0.1) is 5.10 Å². The normalized spacial score (nSPS) is 30.7. The number of morpholine rings is 1. The van der Waals surface area contributed by atoms with E-state index in [4.69, 9.17) is 10.5 Å². The summed E-state index contributed by atoms with van der Waals surface area (Å²) in [6.45, 7) is 5.11. The summed E-state index contributed by atoms with van der Waals surface area (Å²) in [6, 6.07) is 0.454. The molecule has 0 bridgehead atoms. The zero-order chi connectivity index (χ0) is 15.9. The lowest BCUT2D eigenvalue weighted by Crippen LogP contribution is -2.68. The van der Waals surface area contributed by atoms with Crippen LogP contribution in [0.1, 0.15) is 6.42 Å². The highest BCUT2D eigenvalue weighted by Gasteiger charge is 2.48. The highest BCUT2D eigenvalue weighted by Crippen LogP contribution is 2.36. The second-order valence-electron chi connectivity index (χ2n) is 6.18. The molecule has 1 aromatic rings. The fourth-order valence-corrected chi connectivity index (χ4v) is 3.57. The van der Waals surface area contributed by atoms with E-state index >= 15 is 0 Å². The van der Waals surface area contributed by atoms with Crippen LogP contribution >= 0.6 is 0 Å². The Morgan fingerprint density at radius 2 is 2.09 bits per heavy atom. The Labute approximate surface area is 133 Å². The van der Waals surface area contributed by atoms with Crippen molar-refractivity contribution in [3.63, 3.8) is 0 Å². The topological polar surface area (TPSA) is 84.8 Å². The largest absolute Gasteiger partial charge is 0.387 e. The molecule has 8 nitrogen and oxygen atoms in total. The van der Waals surface area contributed by atoms with E-state index in [1.165, 1.54) is 6.08 Å². The van der Waals surface area contributed by atoms with E-state index in [1.807, 2.05) is 0 Å². The molecule has 3 aliphatic rings. The van der Waals surface area contributed by atoms with Gasteiger partial charge in [0.1, 0.15) is 11.5 Å². The second kappa shape index (κ2) is 5.66. The highest BCUT2D eigenvalue weighted by atomic mass is 19.1. The second-order valence-corrected chi connectivity index (χ2v) is 6.18. The van der Waals surface area contributed by atoms with Gasteiger partial charge < -0.3 is 10.5 Å². The molecule has 0 amide bonds. The summed E-state index contributed by atoms with van der Waals surface area (Å²) in [5.41, 5.74) is 5.10. The molecule has 3 aliphatic heterocycles. The SMILES string of the molecule is NC1=NC(F)=CC(N2CC(N3CCOCC3)C2)(n2ccnn2)C1. The monoisotopic (exact) mass is 321 g/mol. The first-order valence-corrected chi connectivity index (χ1v) is 7.82. The number of halogens is 1. The van der Waals surface area contributed by atoms with Gasteiger partial charge in [-0.05, 0) is 0 Å². The van der Waals surface area contributed by atoms with Crippen molar-refractivity contribution in [2.75, 3.05) is 39.4 Å². The molecule has 0 aromatic carbocycles. The maximum Gasteiger partial charge on any atom is 0.214 e. The molecule has 4 heterocycles. The van der Waals surface area contributed by atoms with Crippen LogP contribution in [0.3, 0.4) is 0 Å². The van der Waals surface area contributed by atoms with E-state index in [1.54, 1.807) is 17.1 Å². The van der Waals surface area contributed by atoms with Gasteiger partial charge in [0.15, 0.2) is 0 Å². The Morgan fingerprint density at radius 3 is 2.74 bits per heavy atom. The van der Waals surface area contributed by atoms with E-state index in [9.17, 15) is 4.39 Å². The van der Waals surface area contributed by atoms with Crippen LogP contribution in [0.25, 0.3) is 0 Å². The Balaban J connectivity index is 1.55. The lowest BCUT2D eigenvalue weighted by Gasteiger charge is -2.54. The minimum Gasteiger partial charge on any atom is -0.387 e. The lowest BCUT2D eigenvalue weighted by atomic mass is 9.93. The maximum atomic E-state index is 14.0. The van der Waals surface area contributed by atoms with Crippen molar-refractivity contribution < 1.29 is 9.13 Å². The van der Waals surface area contributed by atoms with E-state index in [-0.39, 0.29) is 5.84 Å². The van der Waals surface area contributed by atoms with E-state index in [2.05, 4.69) is 25.1 Å². The van der Waals surface area contributed by atoms with Crippen LogP contribution in [0.15, 0.2) is 29.4 Å². The summed E-state index contributed by atoms with van der Waals surface area (Å²) in [5, 5.41) is 7.96. The predicted octanol–water partition coefficient (Wildman–Crippen LogP) is -0.481. The minimum absolute atomic E-state index is 0.273. The number of aromatic nitrogens is 3. The fourth-order valence-electron chi connectivity index (χ4n) is 3.57. The van der Waals surface area contributed by atoms with Crippen LogP contribution in [0.5, 0.6) is 0 Å². The fraction of sp³-hybridized carbons (Fsp3) is 0.643. The molecule has 4 rings (SSSR count). The number of aliphatic imine (C=N–C) groups is 1. The van der Waals surface area contributed by atoms with Gasteiger partial charge >= 0.3 is 0 Å². The molecule has 1 unspecified atom stereocenters. The van der Waals surface area contributed by atoms with E-state index < -0.39 is 11.6 Å². The van der Waals surface area contributed by atoms with Gasteiger partial charge in [0, 0.05) is 50.9 Å². The van der Waals surface area contributed by atoms with E-state index in [0.717, 1.165) is 39.4 Å². The number of nitrogens with zero attached hydrogens (tertiary/aromatic N) is 6. The van der Waals surface area contributed by atoms with Crippen molar-refractivity contribution in [1.29, 1.82) is 0 Å². The van der Waals surface area contributed by atoms with Gasteiger partial charge in [-0.25, -0.2) is 9.67 Å². The number of amidine groups is 1. The number of nitrogens with two attached hydrogens (primary N) is 1. The lowest BCUT2D eigenvalue weighted by molar-refractivity contribution is -0.0854. The summed E-state index contributed by atoms with van der Waals surface area (Å²) in [5.74, 6) is -0.297. The summed E-state index contributed by atoms with van der Waals surface area (Å²) in [4.78, 5) is 8.32. The van der Waals surface area contributed by atoms with Crippen molar-refractivity contribution in [3.05, 3.63) is 24.4 Å². The first-order valence-electron chi connectivity index (χ1n) is 7.82. The summed E-state index contributed by atoms with van der Waals surface area (Å²) in [6.07, 6.45) is 5.23. The molecule has 2 saturated heterocycles. The summed E-state index contributed by atoms with van der Waals surface area (Å²) < 4.78 is 21.0. The van der Waals surface area contributed by atoms with E-state index in [0.29, 0.717) is 12.5 Å². The van der Waals surface area contributed by atoms with Gasteiger partial charge in [-0.1, -0.05) is 5.21 Å². The van der Waals surface area contributed by atoms with Crippen molar-refractivity contribution in [3.8, 4) is 0 Å². The molecule has 0 saturated carbocycles. The Morgan fingerprint density at radius 1 is 1.30 bits per heavy atom. The number of hydrogen-bond donors (Lipinski definition) is 1. The molecular formula is C14H20FN7O. The van der Waals surface area contributed by atoms with Crippen LogP contribution in [-0.4, -0.2) is 76.1 Å². The highest BCUT2D eigenvalue weighted by molar-refractivity contribution is 5.83. The molecule has 2 fully saturated rings. The van der Waals surface area contributed by atoms with Gasteiger partial charge in [-0.2, -0.15) is 4.39 Å². The van der Waals surface area contributed by atoms with Gasteiger partial charge in [0.05, 0.1) is 19.4 Å². The number of ether oxygens (including phenoxy) is 1. The van der Waals surface area contributed by atoms with Gasteiger partial charge in [0.25, 0.3) is 0 Å². The van der Waals surface area contributed by atoms with Gasteiger partial charge in [0.2, 0.25) is 5.95 Å². The van der Waals surface area contributed by atoms with Crippen molar-refractivity contribution in [2.45, 2.75) is 18.1 Å². The van der Waals surface area contributed by atoms with Crippen LogP contribution in [0, 0.1) is 0 Å². The van der Waals surface area contributed by atoms with Crippen LogP contribution in [-0.2, 0) is 10.4 Å². The molecule has 0 radical (unpaired) electrons. The first-order chi connectivity index (χ1) is 11.2. The zero-order valence-electron chi connectivity index (χ0n) is 12.8. The molecule has 2 N–H and O–H groups in total. The smallest absolute Gasteiger partial charge is 0.214 e. The molecule has 9 heteroatoms. The average molecular weight is 321 g/mol. The molecule has 124 valence electrons. The predicted molar refractivity (Wildman–Crippen MR) is 81.2 cm³/mol. The molecule has 0 spiro atoms. The standard InChI is InChI=1S/C14H20FN7O/c15-12-7-14(8-13(16)18-12,22-2-1-17-19-22)21-9-11(10-21)20-3-5-23-6-4-20/h1-2,7,11H,3-6,8-10H2,(H2,16,18). The molecule has 0 aliphatic carbocycles. The first kappa shape index (κ1) is 14.7. The molecule has 1 aromatic heterocycles. The van der Waals surface area contributed by atoms with Crippen molar-refractivity contribution >= 4 is 5.84 Å². The number of likely N-dealkylation sites (tertiary alicyclic amines) is 1. The Hall–Kier alpha value is -1.84. The maximum absolute atomic E-state index is 14.0. The van der Waals surface area contributed by atoms with Crippen LogP contribution < -0.4 is 5.73 Å². The van der Waals surface area contributed by atoms with Gasteiger partial charge in [-0.3, -0.25) is 9.80 Å². The Bertz CT molecular complexity index is 619. The quantitative estimate of drug-likeness (QED) is 0.757. The third kappa shape index (κ3) is 2.54. The van der Waals surface area contributed by atoms with Crippen molar-refractivity contribution in [2.24, 2.45) is 10.7 Å². The van der Waals surface area contributed by atoms with Crippen LogP contribution in [0.4, 0.5) is 4.39 Å². The Kier molecular flexibility index (Phi) is 3.63. The molecular weight excluding hydrogens is 301 g/mol. The molecule has 23 heavy (non-hydrogen) atoms. The number of hydrogen-bond acceptors (Lipinski definition) is 7. The summed E-state index contributed by atoms with van der Waals surface area (Å²) >= 11 is 0. The minimum atomic E-state index is -0.755. The van der Waals surface area contributed by atoms with Crippen molar-refractivity contribution in [1.82, 2.24) is 24.8 Å². The summed E-state index contributed by atoms with van der Waals surface area (Å²) in [7, 11) is 0. The third-order valence-corrected chi connectivity index (χ3v) is 4.83. The average Bonchev–Trinajstić information content (AvgIpc) is 3.00. The number of rotatable bonds is 3. The third-order valence-electron chi connectivity index (χ3n) is 4.83. The van der Waals surface area contributed by atoms with Crippen LogP contribution in [0.2, 0.25) is 0 Å². The molecule has 1 atom stereocenters. The zero-order valence-corrected chi connectivity index (χ0v) is 12.8.